The lowest BCUT2D eigenvalue weighted by Crippen LogP contribution is -2.23. The predicted molar refractivity (Wildman–Crippen MR) is 62.5 cm³/mol. The molecule has 0 bridgehead atoms. The van der Waals surface area contributed by atoms with E-state index in [-0.39, 0.29) is 29.2 Å². The number of carbonyl (C=O) groups excluding carboxylic acids is 1. The van der Waals surface area contributed by atoms with Gasteiger partial charge in [0.2, 0.25) is 5.76 Å². The monoisotopic (exact) mass is 279 g/mol. The van der Waals surface area contributed by atoms with Crippen LogP contribution < -0.4 is 5.32 Å². The Morgan fingerprint density at radius 3 is 2.35 bits per heavy atom. The van der Waals surface area contributed by atoms with Crippen LogP contribution in [0.1, 0.15) is 37.0 Å². The van der Waals surface area contributed by atoms with Gasteiger partial charge in [0.1, 0.15) is 23.9 Å². The van der Waals surface area contributed by atoms with Gasteiger partial charge in [0, 0.05) is 0 Å². The largest absolute Gasteiger partial charge is 0.478 e. The molecule has 2 aromatic heterocycles. The van der Waals surface area contributed by atoms with Crippen molar-refractivity contribution in [3.63, 3.8) is 0 Å². The van der Waals surface area contributed by atoms with Crippen molar-refractivity contribution in [2.24, 2.45) is 0 Å². The molecule has 0 radical (unpaired) electrons. The maximum atomic E-state index is 11.8. The van der Waals surface area contributed by atoms with Crippen LogP contribution in [-0.4, -0.2) is 28.1 Å². The van der Waals surface area contributed by atoms with Gasteiger partial charge < -0.3 is 24.4 Å². The number of furan rings is 2. The molecule has 2 heterocycles. The summed E-state index contributed by atoms with van der Waals surface area (Å²) in [5, 5.41) is 19.9. The summed E-state index contributed by atoms with van der Waals surface area (Å²) in [6.07, 6.45) is 1.97. The van der Waals surface area contributed by atoms with Crippen molar-refractivity contribution in [1.29, 1.82) is 0 Å². The van der Waals surface area contributed by atoms with Gasteiger partial charge in [-0.1, -0.05) is 0 Å². The normalized spacial score (nSPS) is 10.2. The maximum absolute atomic E-state index is 11.8. The second-order valence-electron chi connectivity index (χ2n) is 3.76. The number of carboxylic acid groups (broad SMARTS) is 2. The number of hydrogen-bond donors (Lipinski definition) is 3. The number of nitrogens with one attached hydrogen (secondary N) is 1. The molecule has 1 amide bonds. The van der Waals surface area contributed by atoms with Gasteiger partial charge >= 0.3 is 11.9 Å². The van der Waals surface area contributed by atoms with E-state index in [1.165, 1.54) is 12.1 Å². The Morgan fingerprint density at radius 2 is 1.75 bits per heavy atom. The molecule has 0 spiro atoms. The molecule has 2 aromatic rings. The SMILES string of the molecule is O=C(O)c1ccc(CNC(=O)c2cocc2C(=O)O)o1. The zero-order chi connectivity index (χ0) is 14.7. The van der Waals surface area contributed by atoms with Crippen molar-refractivity contribution in [3.05, 3.63) is 47.3 Å². The van der Waals surface area contributed by atoms with Crippen LogP contribution in [0.4, 0.5) is 0 Å². The van der Waals surface area contributed by atoms with Gasteiger partial charge in [0.15, 0.2) is 0 Å². The first-order valence-electron chi connectivity index (χ1n) is 5.38. The smallest absolute Gasteiger partial charge is 0.371 e. The van der Waals surface area contributed by atoms with Crippen LogP contribution in [0.2, 0.25) is 0 Å². The Morgan fingerprint density at radius 1 is 1.05 bits per heavy atom. The molecule has 104 valence electrons. The molecule has 8 nitrogen and oxygen atoms in total. The van der Waals surface area contributed by atoms with Crippen LogP contribution in [0.5, 0.6) is 0 Å². The Bertz CT molecular complexity index is 667. The molecular formula is C12H9NO7. The third kappa shape index (κ3) is 2.69. The lowest BCUT2D eigenvalue weighted by atomic mass is 10.2. The number of aromatic carboxylic acids is 2. The highest BCUT2D eigenvalue weighted by molar-refractivity contribution is 6.04. The topological polar surface area (TPSA) is 130 Å². The first kappa shape index (κ1) is 13.4. The number of carboxylic acids is 2. The Labute approximate surface area is 111 Å². The molecule has 2 rings (SSSR count). The minimum Gasteiger partial charge on any atom is -0.478 e. The molecule has 0 aliphatic rings. The number of amides is 1. The molecule has 0 atom stereocenters. The fraction of sp³-hybridized carbons (Fsp3) is 0.0833. The van der Waals surface area contributed by atoms with Gasteiger partial charge in [0.05, 0.1) is 12.1 Å². The second kappa shape index (κ2) is 5.31. The van der Waals surface area contributed by atoms with Crippen molar-refractivity contribution in [2.75, 3.05) is 0 Å². The van der Waals surface area contributed by atoms with E-state index in [4.69, 9.17) is 14.6 Å². The Kier molecular flexibility index (Phi) is 3.56. The maximum Gasteiger partial charge on any atom is 0.371 e. The van der Waals surface area contributed by atoms with Crippen molar-refractivity contribution < 1.29 is 33.4 Å². The van der Waals surface area contributed by atoms with Gasteiger partial charge in [-0.2, -0.15) is 0 Å². The molecule has 0 saturated carbocycles. The van der Waals surface area contributed by atoms with Crippen molar-refractivity contribution in [3.8, 4) is 0 Å². The van der Waals surface area contributed by atoms with Crippen LogP contribution in [0.3, 0.4) is 0 Å². The predicted octanol–water partition coefficient (Wildman–Crippen LogP) is 1.20. The minimum absolute atomic E-state index is 0.0731. The molecule has 0 unspecified atom stereocenters. The molecule has 0 aliphatic carbocycles. The Hall–Kier alpha value is -3.03. The average Bonchev–Trinajstić information content (AvgIpc) is 3.04. The van der Waals surface area contributed by atoms with Crippen molar-refractivity contribution in [2.45, 2.75) is 6.54 Å². The molecule has 8 heteroatoms. The van der Waals surface area contributed by atoms with Crippen LogP contribution >= 0.6 is 0 Å². The van der Waals surface area contributed by atoms with E-state index in [1.807, 2.05) is 0 Å². The van der Waals surface area contributed by atoms with Crippen LogP contribution in [0.25, 0.3) is 0 Å². The van der Waals surface area contributed by atoms with Gasteiger partial charge in [-0.15, -0.1) is 0 Å². The van der Waals surface area contributed by atoms with Gasteiger partial charge in [-0.25, -0.2) is 9.59 Å². The first-order valence-corrected chi connectivity index (χ1v) is 5.38. The lowest BCUT2D eigenvalue weighted by molar-refractivity contribution is 0.0657. The number of carbonyl (C=O) groups is 3. The summed E-state index contributed by atoms with van der Waals surface area (Å²) in [7, 11) is 0. The molecule has 20 heavy (non-hydrogen) atoms. The summed E-state index contributed by atoms with van der Waals surface area (Å²) in [5.74, 6) is -3.18. The minimum atomic E-state index is -1.28. The van der Waals surface area contributed by atoms with Gasteiger partial charge in [-0.05, 0) is 12.1 Å². The summed E-state index contributed by atoms with van der Waals surface area (Å²) in [5.41, 5.74) is -0.379. The molecule has 0 aliphatic heterocycles. The zero-order valence-electron chi connectivity index (χ0n) is 9.95. The highest BCUT2D eigenvalue weighted by Gasteiger charge is 2.19. The average molecular weight is 279 g/mol. The van der Waals surface area contributed by atoms with E-state index < -0.39 is 17.8 Å². The summed E-state index contributed by atoms with van der Waals surface area (Å²) in [4.78, 5) is 33.2. The fourth-order valence-electron chi connectivity index (χ4n) is 1.49. The van der Waals surface area contributed by atoms with E-state index in [1.54, 1.807) is 0 Å². The summed E-state index contributed by atoms with van der Waals surface area (Å²) in [6, 6.07) is 2.65. The molecule has 0 saturated heterocycles. The van der Waals surface area contributed by atoms with E-state index in [0.717, 1.165) is 12.5 Å². The lowest BCUT2D eigenvalue weighted by Gasteiger charge is -2.01. The molecule has 3 N–H and O–H groups in total. The van der Waals surface area contributed by atoms with Crippen LogP contribution in [0.15, 0.2) is 33.5 Å². The first-order chi connectivity index (χ1) is 9.49. The van der Waals surface area contributed by atoms with E-state index >= 15 is 0 Å². The quantitative estimate of drug-likeness (QED) is 0.749. The third-order valence-electron chi connectivity index (χ3n) is 2.43. The number of rotatable bonds is 5. The number of hydrogen-bond acceptors (Lipinski definition) is 5. The standard InChI is InChI=1S/C12H9NO7/c14-10(7-4-19-5-8(7)11(15)16)13-3-6-1-2-9(20-6)12(17)18/h1-2,4-5H,3H2,(H,13,14)(H,15,16)(H,17,18). The van der Waals surface area contributed by atoms with E-state index in [2.05, 4.69) is 9.73 Å². The Balaban J connectivity index is 2.03. The summed E-state index contributed by atoms with van der Waals surface area (Å²) in [6.45, 7) is -0.0731. The van der Waals surface area contributed by atoms with E-state index in [0.29, 0.717) is 0 Å². The summed E-state index contributed by atoms with van der Waals surface area (Å²) >= 11 is 0. The zero-order valence-corrected chi connectivity index (χ0v) is 9.95. The fourth-order valence-corrected chi connectivity index (χ4v) is 1.49. The van der Waals surface area contributed by atoms with Crippen LogP contribution in [-0.2, 0) is 6.54 Å². The van der Waals surface area contributed by atoms with Crippen molar-refractivity contribution in [1.82, 2.24) is 5.32 Å². The van der Waals surface area contributed by atoms with E-state index in [9.17, 15) is 14.4 Å². The van der Waals surface area contributed by atoms with Gasteiger partial charge in [0.25, 0.3) is 5.91 Å². The van der Waals surface area contributed by atoms with Gasteiger partial charge in [-0.3, -0.25) is 4.79 Å². The highest BCUT2D eigenvalue weighted by Crippen LogP contribution is 2.11. The third-order valence-corrected chi connectivity index (χ3v) is 2.43. The molecule has 0 fully saturated rings. The molecule has 0 aromatic carbocycles. The van der Waals surface area contributed by atoms with Crippen LogP contribution in [0, 0.1) is 0 Å². The second-order valence-corrected chi connectivity index (χ2v) is 3.76. The highest BCUT2D eigenvalue weighted by atomic mass is 16.4. The van der Waals surface area contributed by atoms with Crippen molar-refractivity contribution >= 4 is 17.8 Å². The summed E-state index contributed by atoms with van der Waals surface area (Å²) < 4.78 is 9.61. The molecular weight excluding hydrogens is 270 g/mol.